The highest BCUT2D eigenvalue weighted by atomic mass is 16.3. The Hall–Kier alpha value is -1.33. The Morgan fingerprint density at radius 1 is 1.05 bits per heavy atom. The molecule has 1 unspecified atom stereocenters. The molecule has 21 heavy (non-hydrogen) atoms. The molecule has 0 spiro atoms. The molecular formula is C19H27NO. The fourth-order valence-corrected chi connectivity index (χ4v) is 3.29. The average molecular weight is 285 g/mol. The van der Waals surface area contributed by atoms with Crippen LogP contribution >= 0.6 is 0 Å². The Morgan fingerprint density at radius 3 is 2.00 bits per heavy atom. The van der Waals surface area contributed by atoms with Crippen molar-refractivity contribution in [2.45, 2.75) is 70.8 Å². The fraction of sp³-hybridized carbons (Fsp3) is 0.632. The summed E-state index contributed by atoms with van der Waals surface area (Å²) in [6.45, 7) is 6.54. The number of hydrogen-bond acceptors (Lipinski definition) is 2. The minimum Gasteiger partial charge on any atom is -0.387 e. The summed E-state index contributed by atoms with van der Waals surface area (Å²) in [5.74, 6) is 0. The summed E-state index contributed by atoms with van der Waals surface area (Å²) in [6.07, 6.45) is 5.40. The normalized spacial score (nSPS) is 20.3. The summed E-state index contributed by atoms with van der Waals surface area (Å²) in [6, 6.07) is 10.6. The molecule has 1 atom stereocenters. The van der Waals surface area contributed by atoms with Gasteiger partial charge in [0.25, 0.3) is 0 Å². The molecule has 0 saturated heterocycles. The van der Waals surface area contributed by atoms with E-state index in [4.69, 9.17) is 0 Å². The largest absolute Gasteiger partial charge is 0.387 e. The van der Waals surface area contributed by atoms with Gasteiger partial charge in [0.15, 0.2) is 0 Å². The molecule has 2 nitrogen and oxygen atoms in total. The summed E-state index contributed by atoms with van der Waals surface area (Å²) >= 11 is 0. The number of rotatable bonds is 2. The van der Waals surface area contributed by atoms with Crippen LogP contribution < -0.4 is 0 Å². The Morgan fingerprint density at radius 2 is 1.57 bits per heavy atom. The Balaban J connectivity index is 2.25. The molecule has 114 valence electrons. The monoisotopic (exact) mass is 285 g/mol. The predicted octanol–water partition coefficient (Wildman–Crippen LogP) is 4.88. The zero-order valence-electron chi connectivity index (χ0n) is 13.5. The summed E-state index contributed by atoms with van der Waals surface area (Å²) in [4.78, 5) is 0. The van der Waals surface area contributed by atoms with Gasteiger partial charge < -0.3 is 5.11 Å². The Labute approximate surface area is 128 Å². The van der Waals surface area contributed by atoms with Crippen LogP contribution in [0.15, 0.2) is 24.3 Å². The van der Waals surface area contributed by atoms with Crippen LogP contribution in [-0.4, -0.2) is 5.11 Å². The smallest absolute Gasteiger partial charge is 0.0976 e. The van der Waals surface area contributed by atoms with Crippen LogP contribution in [0.2, 0.25) is 0 Å². The van der Waals surface area contributed by atoms with Crippen molar-refractivity contribution in [3.8, 4) is 6.07 Å². The van der Waals surface area contributed by atoms with Gasteiger partial charge in [0.2, 0.25) is 0 Å². The minimum absolute atomic E-state index is 0.110. The van der Waals surface area contributed by atoms with Gasteiger partial charge in [-0.2, -0.15) is 5.26 Å². The lowest BCUT2D eigenvalue weighted by molar-refractivity contribution is 0.0516. The quantitative estimate of drug-likeness (QED) is 0.787. The molecule has 1 aromatic carbocycles. The second-order valence-electron chi connectivity index (χ2n) is 7.46. The molecule has 1 fully saturated rings. The van der Waals surface area contributed by atoms with Crippen LogP contribution in [0.4, 0.5) is 0 Å². The van der Waals surface area contributed by atoms with Gasteiger partial charge in [-0.1, -0.05) is 70.7 Å². The number of benzene rings is 1. The second kappa shape index (κ2) is 6.20. The lowest BCUT2D eigenvalue weighted by Crippen LogP contribution is -2.27. The molecule has 0 radical (unpaired) electrons. The molecule has 2 rings (SSSR count). The summed E-state index contributed by atoms with van der Waals surface area (Å²) in [5.41, 5.74) is 1.65. The van der Waals surface area contributed by atoms with E-state index < -0.39 is 11.5 Å². The van der Waals surface area contributed by atoms with Crippen LogP contribution in [0.5, 0.6) is 0 Å². The second-order valence-corrected chi connectivity index (χ2v) is 7.46. The van der Waals surface area contributed by atoms with Gasteiger partial charge >= 0.3 is 0 Å². The topological polar surface area (TPSA) is 44.0 Å². The number of aliphatic hydroxyl groups is 1. The van der Waals surface area contributed by atoms with Gasteiger partial charge in [0.05, 0.1) is 17.6 Å². The third kappa shape index (κ3) is 3.47. The predicted molar refractivity (Wildman–Crippen MR) is 85.8 cm³/mol. The van der Waals surface area contributed by atoms with Crippen LogP contribution in [-0.2, 0) is 5.41 Å². The van der Waals surface area contributed by atoms with Crippen molar-refractivity contribution in [3.05, 3.63) is 35.4 Å². The number of nitriles is 1. The fourth-order valence-electron chi connectivity index (χ4n) is 3.29. The van der Waals surface area contributed by atoms with Gasteiger partial charge in [0.1, 0.15) is 0 Å². The SMILES string of the molecule is CC(C)(C)c1ccc(C(O)C2(C#N)CCCCCC2)cc1. The van der Waals surface area contributed by atoms with E-state index in [1.807, 2.05) is 12.1 Å². The maximum atomic E-state index is 10.8. The van der Waals surface area contributed by atoms with Crippen molar-refractivity contribution in [1.82, 2.24) is 0 Å². The summed E-state index contributed by atoms with van der Waals surface area (Å²) in [5, 5.41) is 20.5. The van der Waals surface area contributed by atoms with E-state index in [-0.39, 0.29) is 5.41 Å². The minimum atomic E-state index is -0.672. The highest BCUT2D eigenvalue weighted by molar-refractivity contribution is 5.30. The number of hydrogen-bond donors (Lipinski definition) is 1. The first-order valence-corrected chi connectivity index (χ1v) is 8.09. The maximum absolute atomic E-state index is 10.8. The Kier molecular flexibility index (Phi) is 4.74. The van der Waals surface area contributed by atoms with Crippen LogP contribution in [0, 0.1) is 16.7 Å². The lowest BCUT2D eigenvalue weighted by Gasteiger charge is -2.31. The molecule has 1 saturated carbocycles. The molecule has 2 heteroatoms. The molecule has 1 aliphatic rings. The molecular weight excluding hydrogens is 258 g/mol. The molecule has 1 aliphatic carbocycles. The maximum Gasteiger partial charge on any atom is 0.0976 e. The summed E-state index contributed by atoms with van der Waals surface area (Å²) in [7, 11) is 0. The zero-order valence-corrected chi connectivity index (χ0v) is 13.5. The van der Waals surface area contributed by atoms with E-state index in [2.05, 4.69) is 39.0 Å². The van der Waals surface area contributed by atoms with E-state index in [9.17, 15) is 10.4 Å². The zero-order chi connectivity index (χ0) is 15.5. The van der Waals surface area contributed by atoms with E-state index in [1.165, 1.54) is 18.4 Å². The molecule has 1 N–H and O–H groups in total. The third-order valence-electron chi connectivity index (χ3n) is 4.83. The first-order chi connectivity index (χ1) is 9.89. The van der Waals surface area contributed by atoms with Crippen LogP contribution in [0.3, 0.4) is 0 Å². The van der Waals surface area contributed by atoms with Crippen molar-refractivity contribution >= 4 is 0 Å². The van der Waals surface area contributed by atoms with Crippen molar-refractivity contribution in [1.29, 1.82) is 5.26 Å². The first kappa shape index (κ1) is 16.0. The van der Waals surface area contributed by atoms with E-state index in [1.54, 1.807) is 0 Å². The standard InChI is InChI=1S/C19H27NO/c1-18(2,3)16-10-8-15(9-11-16)17(21)19(14-20)12-6-4-5-7-13-19/h8-11,17,21H,4-7,12-13H2,1-3H3. The highest BCUT2D eigenvalue weighted by Crippen LogP contribution is 2.44. The van der Waals surface area contributed by atoms with Crippen LogP contribution in [0.1, 0.15) is 76.5 Å². The van der Waals surface area contributed by atoms with E-state index >= 15 is 0 Å². The molecule has 1 aromatic rings. The summed E-state index contributed by atoms with van der Waals surface area (Å²) < 4.78 is 0. The van der Waals surface area contributed by atoms with Gasteiger partial charge in [-0.15, -0.1) is 0 Å². The lowest BCUT2D eigenvalue weighted by atomic mass is 9.74. The molecule has 0 heterocycles. The van der Waals surface area contributed by atoms with E-state index in [0.29, 0.717) is 0 Å². The van der Waals surface area contributed by atoms with Crippen molar-refractivity contribution < 1.29 is 5.11 Å². The highest BCUT2D eigenvalue weighted by Gasteiger charge is 2.39. The average Bonchev–Trinajstić information content (AvgIpc) is 2.72. The number of aliphatic hydroxyl groups excluding tert-OH is 1. The van der Waals surface area contributed by atoms with Gasteiger partial charge in [-0.3, -0.25) is 0 Å². The molecule has 0 bridgehead atoms. The molecule has 0 amide bonds. The molecule has 0 aromatic heterocycles. The van der Waals surface area contributed by atoms with Crippen molar-refractivity contribution in [2.24, 2.45) is 5.41 Å². The third-order valence-corrected chi connectivity index (χ3v) is 4.83. The van der Waals surface area contributed by atoms with Crippen LogP contribution in [0.25, 0.3) is 0 Å². The number of nitrogens with zero attached hydrogens (tertiary/aromatic N) is 1. The van der Waals surface area contributed by atoms with Crippen molar-refractivity contribution in [2.75, 3.05) is 0 Å². The van der Waals surface area contributed by atoms with Crippen molar-refractivity contribution in [3.63, 3.8) is 0 Å². The first-order valence-electron chi connectivity index (χ1n) is 8.09. The van der Waals surface area contributed by atoms with Gasteiger partial charge in [0, 0.05) is 0 Å². The molecule has 0 aliphatic heterocycles. The van der Waals surface area contributed by atoms with Gasteiger partial charge in [-0.25, -0.2) is 0 Å². The Bertz CT molecular complexity index is 496. The van der Waals surface area contributed by atoms with Gasteiger partial charge in [-0.05, 0) is 29.4 Å². The van der Waals surface area contributed by atoms with E-state index in [0.717, 1.165) is 31.2 Å².